The zero-order chi connectivity index (χ0) is 19.4. The van der Waals surface area contributed by atoms with Crippen LogP contribution in [0.15, 0.2) is 24.3 Å². The van der Waals surface area contributed by atoms with Crippen LogP contribution in [-0.2, 0) is 4.74 Å². The molecule has 3 rings (SSSR count). The second-order valence-corrected chi connectivity index (χ2v) is 8.76. The molecule has 2 heterocycles. The van der Waals surface area contributed by atoms with Crippen LogP contribution in [0.25, 0.3) is 0 Å². The molecular weight excluding hydrogens is 340 g/mol. The van der Waals surface area contributed by atoms with Crippen molar-refractivity contribution in [2.24, 2.45) is 17.3 Å². The maximum Gasteiger partial charge on any atom is 0.253 e. The molecular formula is C22H34N2O3. The first-order valence-corrected chi connectivity index (χ1v) is 10.2. The van der Waals surface area contributed by atoms with Gasteiger partial charge in [-0.05, 0) is 54.2 Å². The van der Waals surface area contributed by atoms with Crippen molar-refractivity contribution in [2.75, 3.05) is 39.9 Å². The molecule has 2 aliphatic rings. The van der Waals surface area contributed by atoms with Crippen LogP contribution >= 0.6 is 0 Å². The van der Waals surface area contributed by atoms with E-state index in [9.17, 15) is 9.90 Å². The largest absolute Gasteiger partial charge is 0.388 e. The van der Waals surface area contributed by atoms with Gasteiger partial charge in [-0.15, -0.1) is 0 Å². The first-order chi connectivity index (χ1) is 12.9. The highest BCUT2D eigenvalue weighted by molar-refractivity contribution is 5.94. The van der Waals surface area contributed by atoms with Gasteiger partial charge in [0.2, 0.25) is 0 Å². The summed E-state index contributed by atoms with van der Waals surface area (Å²) < 4.78 is 5.35. The van der Waals surface area contributed by atoms with Crippen LogP contribution in [-0.4, -0.2) is 55.8 Å². The van der Waals surface area contributed by atoms with Crippen molar-refractivity contribution in [1.29, 1.82) is 0 Å². The van der Waals surface area contributed by atoms with E-state index in [0.29, 0.717) is 16.9 Å². The SMILES string of the molecule is COCC1CNCC2(CCN(C(=O)c3ccc(C(O)C(C)C)cc3)CC2)C1. The Morgan fingerprint density at radius 2 is 1.96 bits per heavy atom. The Bertz CT molecular complexity index is 619. The van der Waals surface area contributed by atoms with Gasteiger partial charge in [0, 0.05) is 38.9 Å². The van der Waals surface area contributed by atoms with Crippen molar-refractivity contribution in [2.45, 2.75) is 39.2 Å². The number of benzene rings is 1. The third kappa shape index (κ3) is 4.71. The summed E-state index contributed by atoms with van der Waals surface area (Å²) in [5.74, 6) is 0.842. The van der Waals surface area contributed by atoms with Crippen LogP contribution in [0.1, 0.15) is 55.1 Å². The maximum absolute atomic E-state index is 12.9. The molecule has 1 amide bonds. The van der Waals surface area contributed by atoms with Gasteiger partial charge in [-0.25, -0.2) is 0 Å². The lowest BCUT2D eigenvalue weighted by molar-refractivity contribution is 0.0290. The van der Waals surface area contributed by atoms with Gasteiger partial charge >= 0.3 is 0 Å². The number of hydrogen-bond donors (Lipinski definition) is 2. The van der Waals surface area contributed by atoms with Crippen molar-refractivity contribution in [3.05, 3.63) is 35.4 Å². The fourth-order valence-electron chi connectivity index (χ4n) is 4.61. The van der Waals surface area contributed by atoms with Crippen LogP contribution < -0.4 is 5.32 Å². The topological polar surface area (TPSA) is 61.8 Å². The number of aliphatic hydroxyl groups is 1. The summed E-state index contributed by atoms with van der Waals surface area (Å²) in [6, 6.07) is 7.46. The zero-order valence-corrected chi connectivity index (χ0v) is 16.9. The minimum Gasteiger partial charge on any atom is -0.388 e. The van der Waals surface area contributed by atoms with Crippen LogP contribution in [0.5, 0.6) is 0 Å². The van der Waals surface area contributed by atoms with Crippen molar-refractivity contribution < 1.29 is 14.6 Å². The molecule has 0 saturated carbocycles. The molecule has 2 aliphatic heterocycles. The van der Waals surface area contributed by atoms with Crippen molar-refractivity contribution in [3.63, 3.8) is 0 Å². The van der Waals surface area contributed by atoms with Crippen LogP contribution in [0.4, 0.5) is 0 Å². The highest BCUT2D eigenvalue weighted by Crippen LogP contribution is 2.39. The summed E-state index contributed by atoms with van der Waals surface area (Å²) in [6.07, 6.45) is 2.81. The Kier molecular flexibility index (Phi) is 6.56. The molecule has 2 N–H and O–H groups in total. The lowest BCUT2D eigenvalue weighted by Gasteiger charge is -2.46. The van der Waals surface area contributed by atoms with Gasteiger partial charge in [-0.3, -0.25) is 4.79 Å². The molecule has 2 saturated heterocycles. The number of methoxy groups -OCH3 is 1. The predicted octanol–water partition coefficient (Wildman–Crippen LogP) is 2.85. The summed E-state index contributed by atoms with van der Waals surface area (Å²) in [5, 5.41) is 13.7. The molecule has 150 valence electrons. The Balaban J connectivity index is 1.58. The third-order valence-corrected chi connectivity index (χ3v) is 6.30. The number of nitrogens with zero attached hydrogens (tertiary/aromatic N) is 1. The number of ether oxygens (including phenoxy) is 1. The van der Waals surface area contributed by atoms with Crippen molar-refractivity contribution in [3.8, 4) is 0 Å². The number of hydrogen-bond acceptors (Lipinski definition) is 4. The van der Waals surface area contributed by atoms with Crippen molar-refractivity contribution in [1.82, 2.24) is 10.2 Å². The molecule has 0 radical (unpaired) electrons. The second-order valence-electron chi connectivity index (χ2n) is 8.76. The Labute approximate surface area is 163 Å². The number of piperidine rings is 2. The molecule has 2 unspecified atom stereocenters. The molecule has 27 heavy (non-hydrogen) atoms. The van der Waals surface area contributed by atoms with Crippen LogP contribution in [0.3, 0.4) is 0 Å². The van der Waals surface area contributed by atoms with E-state index in [4.69, 9.17) is 4.74 Å². The fraction of sp³-hybridized carbons (Fsp3) is 0.682. The molecule has 0 bridgehead atoms. The fourth-order valence-corrected chi connectivity index (χ4v) is 4.61. The highest BCUT2D eigenvalue weighted by atomic mass is 16.5. The highest BCUT2D eigenvalue weighted by Gasteiger charge is 2.39. The molecule has 1 spiro atoms. The summed E-state index contributed by atoms with van der Waals surface area (Å²) in [6.45, 7) is 8.51. The lowest BCUT2D eigenvalue weighted by atomic mass is 9.70. The van der Waals surface area contributed by atoms with E-state index in [-0.39, 0.29) is 11.8 Å². The summed E-state index contributed by atoms with van der Waals surface area (Å²) in [4.78, 5) is 14.9. The molecule has 2 fully saturated rings. The van der Waals surface area contributed by atoms with E-state index in [1.54, 1.807) is 7.11 Å². The van der Waals surface area contributed by atoms with Crippen molar-refractivity contribution >= 4 is 5.91 Å². The average molecular weight is 375 g/mol. The lowest BCUT2D eigenvalue weighted by Crippen LogP contribution is -2.52. The second kappa shape index (κ2) is 8.72. The summed E-state index contributed by atoms with van der Waals surface area (Å²) in [7, 11) is 1.77. The molecule has 1 aromatic rings. The quantitative estimate of drug-likeness (QED) is 0.832. The first-order valence-electron chi connectivity index (χ1n) is 10.2. The molecule has 0 aromatic heterocycles. The molecule has 5 heteroatoms. The van der Waals surface area contributed by atoms with Crippen LogP contribution in [0.2, 0.25) is 0 Å². The predicted molar refractivity (Wildman–Crippen MR) is 107 cm³/mol. The molecule has 5 nitrogen and oxygen atoms in total. The van der Waals surface area contributed by atoms with E-state index in [2.05, 4.69) is 5.32 Å². The molecule has 1 aromatic carbocycles. The Morgan fingerprint density at radius 1 is 1.30 bits per heavy atom. The molecule has 2 atom stereocenters. The van der Waals surface area contributed by atoms with Gasteiger partial charge < -0.3 is 20.1 Å². The molecule has 0 aliphatic carbocycles. The number of aliphatic hydroxyl groups excluding tert-OH is 1. The monoisotopic (exact) mass is 374 g/mol. The van der Waals surface area contributed by atoms with Gasteiger partial charge in [0.05, 0.1) is 12.7 Å². The van der Waals surface area contributed by atoms with Gasteiger partial charge in [-0.2, -0.15) is 0 Å². The minimum atomic E-state index is -0.483. The zero-order valence-electron chi connectivity index (χ0n) is 16.9. The summed E-state index contributed by atoms with van der Waals surface area (Å²) in [5.41, 5.74) is 1.89. The average Bonchev–Trinajstić information content (AvgIpc) is 2.68. The van der Waals surface area contributed by atoms with E-state index in [1.165, 1.54) is 6.42 Å². The van der Waals surface area contributed by atoms with E-state index in [1.807, 2.05) is 43.0 Å². The number of carbonyl (C=O) groups excluding carboxylic acids is 1. The number of nitrogens with one attached hydrogen (secondary N) is 1. The van der Waals surface area contributed by atoms with E-state index < -0.39 is 6.10 Å². The Morgan fingerprint density at radius 3 is 2.56 bits per heavy atom. The third-order valence-electron chi connectivity index (χ3n) is 6.30. The number of carbonyl (C=O) groups is 1. The van der Waals surface area contributed by atoms with E-state index in [0.717, 1.165) is 51.2 Å². The standard InChI is InChI=1S/C22H34N2O3/c1-16(2)20(25)18-4-6-19(7-5-18)21(26)24-10-8-22(9-11-24)12-17(14-27-3)13-23-15-22/h4-7,16-17,20,23,25H,8-15H2,1-3H3. The number of rotatable bonds is 5. The normalized spacial score (nSPS) is 23.6. The minimum absolute atomic E-state index is 0.104. The van der Waals surface area contributed by atoms with Gasteiger partial charge in [0.25, 0.3) is 5.91 Å². The Hall–Kier alpha value is -1.43. The van der Waals surface area contributed by atoms with E-state index >= 15 is 0 Å². The smallest absolute Gasteiger partial charge is 0.253 e. The van der Waals surface area contributed by atoms with Gasteiger partial charge in [0.1, 0.15) is 0 Å². The first kappa shape index (κ1) is 20.3. The summed E-state index contributed by atoms with van der Waals surface area (Å²) >= 11 is 0. The van der Waals surface area contributed by atoms with Crippen LogP contribution in [0, 0.1) is 17.3 Å². The maximum atomic E-state index is 12.9. The van der Waals surface area contributed by atoms with Gasteiger partial charge in [-0.1, -0.05) is 26.0 Å². The number of amides is 1. The number of likely N-dealkylation sites (tertiary alicyclic amines) is 1. The van der Waals surface area contributed by atoms with Gasteiger partial charge in [0.15, 0.2) is 0 Å².